The summed E-state index contributed by atoms with van der Waals surface area (Å²) in [6, 6.07) is 12.8. The van der Waals surface area contributed by atoms with E-state index in [1.807, 2.05) is 6.07 Å². The van der Waals surface area contributed by atoms with Crippen LogP contribution in [0.3, 0.4) is 0 Å². The molecule has 0 aliphatic carbocycles. The van der Waals surface area contributed by atoms with Crippen LogP contribution in [0.4, 0.5) is 10.1 Å². The van der Waals surface area contributed by atoms with E-state index in [1.54, 1.807) is 12.1 Å². The van der Waals surface area contributed by atoms with Gasteiger partial charge in [0.15, 0.2) is 0 Å². The molecule has 4 heteroatoms. The zero-order valence-corrected chi connectivity index (χ0v) is 15.8. The highest BCUT2D eigenvalue weighted by Crippen LogP contribution is 2.37. The Labute approximate surface area is 140 Å². The molecule has 0 aliphatic rings. The molecule has 2 aromatic carbocycles. The molecule has 0 aliphatic heterocycles. The summed E-state index contributed by atoms with van der Waals surface area (Å²) in [6.45, 7) is 11.6. The molecular weight excluding hydrogens is 305 g/mol. The van der Waals surface area contributed by atoms with E-state index in [1.165, 1.54) is 17.7 Å². The summed E-state index contributed by atoms with van der Waals surface area (Å²) in [5.41, 5.74) is 3.28. The van der Waals surface area contributed by atoms with Gasteiger partial charge in [0.1, 0.15) is 11.6 Å². The fourth-order valence-electron chi connectivity index (χ4n) is 2.43. The molecule has 0 radical (unpaired) electrons. The molecule has 2 aromatic rings. The highest BCUT2D eigenvalue weighted by Gasteiger charge is 2.21. The number of anilines is 1. The van der Waals surface area contributed by atoms with Gasteiger partial charge in [-0.3, -0.25) is 0 Å². The summed E-state index contributed by atoms with van der Waals surface area (Å²) in [5, 5.41) is 3.44. The summed E-state index contributed by atoms with van der Waals surface area (Å²) in [7, 11) is -1.22. The Morgan fingerprint density at radius 2 is 1.70 bits per heavy atom. The Kier molecular flexibility index (Phi) is 5.47. The van der Waals surface area contributed by atoms with Crippen molar-refractivity contribution in [3.05, 3.63) is 59.4 Å². The van der Waals surface area contributed by atoms with Gasteiger partial charge < -0.3 is 9.74 Å². The van der Waals surface area contributed by atoms with E-state index in [4.69, 9.17) is 4.43 Å². The van der Waals surface area contributed by atoms with E-state index in [9.17, 15) is 4.39 Å². The third-order valence-corrected chi connectivity index (χ3v) is 4.28. The molecule has 0 spiro atoms. The van der Waals surface area contributed by atoms with Gasteiger partial charge >= 0.3 is 0 Å². The Bertz CT molecular complexity index is 647. The van der Waals surface area contributed by atoms with Crippen molar-refractivity contribution in [2.24, 2.45) is 0 Å². The third kappa shape index (κ3) is 4.83. The van der Waals surface area contributed by atoms with Crippen LogP contribution in [0.5, 0.6) is 5.75 Å². The first-order valence-electron chi connectivity index (χ1n) is 8.06. The Morgan fingerprint density at radius 3 is 2.26 bits per heavy atom. The van der Waals surface area contributed by atoms with Crippen LogP contribution < -0.4 is 9.74 Å². The monoisotopic (exact) mass is 331 g/mol. The van der Waals surface area contributed by atoms with Crippen molar-refractivity contribution < 1.29 is 8.82 Å². The van der Waals surface area contributed by atoms with Crippen molar-refractivity contribution in [2.75, 3.05) is 5.32 Å². The smallest absolute Gasteiger partial charge is 0.229 e. The second kappa shape index (κ2) is 7.17. The molecule has 124 valence electrons. The first-order valence-corrected chi connectivity index (χ1v) is 10.8. The van der Waals surface area contributed by atoms with Gasteiger partial charge in [0, 0.05) is 12.1 Å². The molecule has 0 atom stereocenters. The van der Waals surface area contributed by atoms with Crippen LogP contribution >= 0.6 is 0 Å². The molecule has 0 saturated carbocycles. The molecule has 0 bridgehead atoms. The molecule has 2 nitrogen and oxygen atoms in total. The summed E-state index contributed by atoms with van der Waals surface area (Å²) in [6.07, 6.45) is 0. The topological polar surface area (TPSA) is 21.3 Å². The molecule has 23 heavy (non-hydrogen) atoms. The number of rotatable bonds is 5. The molecule has 0 amide bonds. The van der Waals surface area contributed by atoms with Crippen molar-refractivity contribution in [1.82, 2.24) is 0 Å². The minimum Gasteiger partial charge on any atom is -0.545 e. The average Bonchev–Trinajstić information content (AvgIpc) is 2.46. The minimum atomic E-state index is -1.22. The van der Waals surface area contributed by atoms with Crippen molar-refractivity contribution in [3.63, 3.8) is 0 Å². The van der Waals surface area contributed by atoms with Crippen molar-refractivity contribution in [2.45, 2.75) is 45.8 Å². The molecule has 0 aromatic heterocycles. The second-order valence-electron chi connectivity index (χ2n) is 7.08. The molecule has 2 rings (SSSR count). The molecule has 1 N–H and O–H groups in total. The normalized spacial score (nSPS) is 11.6. The Hall–Kier alpha value is -1.81. The zero-order valence-electron chi connectivity index (χ0n) is 14.6. The van der Waals surface area contributed by atoms with Gasteiger partial charge in [0.05, 0.1) is 5.69 Å². The fourth-order valence-corrected chi connectivity index (χ4v) is 3.15. The highest BCUT2D eigenvalue weighted by atomic mass is 28.3. The molecular formula is C19H26FNOSi. The van der Waals surface area contributed by atoms with Gasteiger partial charge in [-0.25, -0.2) is 4.39 Å². The average molecular weight is 332 g/mol. The fraction of sp³-hybridized carbons (Fsp3) is 0.368. The van der Waals surface area contributed by atoms with Crippen LogP contribution in [0.25, 0.3) is 0 Å². The van der Waals surface area contributed by atoms with Crippen LogP contribution in [0.15, 0.2) is 42.5 Å². The van der Waals surface area contributed by atoms with E-state index in [2.05, 4.69) is 51.3 Å². The maximum Gasteiger partial charge on any atom is 0.229 e. The second-order valence-corrected chi connectivity index (χ2v) is 9.41. The van der Waals surface area contributed by atoms with Crippen LogP contribution in [0.1, 0.15) is 31.9 Å². The maximum absolute atomic E-state index is 13.0. The van der Waals surface area contributed by atoms with Gasteiger partial charge in [-0.05, 0) is 42.3 Å². The SMILES string of the molecule is C[SiH](C)Oc1c(NCc2ccc(F)cc2)cccc1C(C)(C)C. The number of nitrogens with one attached hydrogen (secondary N) is 1. The van der Waals surface area contributed by atoms with Gasteiger partial charge in [-0.1, -0.05) is 45.0 Å². The first kappa shape index (κ1) is 17.5. The predicted octanol–water partition coefficient (Wildman–Crippen LogP) is 5.10. The largest absolute Gasteiger partial charge is 0.545 e. The highest BCUT2D eigenvalue weighted by molar-refractivity contribution is 6.49. The van der Waals surface area contributed by atoms with Crippen molar-refractivity contribution >= 4 is 14.7 Å². The minimum absolute atomic E-state index is 0.0200. The Morgan fingerprint density at radius 1 is 1.04 bits per heavy atom. The van der Waals surface area contributed by atoms with Crippen molar-refractivity contribution in [1.29, 1.82) is 0 Å². The van der Waals surface area contributed by atoms with Gasteiger partial charge in [0.2, 0.25) is 9.04 Å². The maximum atomic E-state index is 13.0. The van der Waals surface area contributed by atoms with E-state index < -0.39 is 9.04 Å². The number of para-hydroxylation sites is 1. The van der Waals surface area contributed by atoms with Gasteiger partial charge in [-0.2, -0.15) is 0 Å². The van der Waals surface area contributed by atoms with Gasteiger partial charge in [0.25, 0.3) is 0 Å². The van der Waals surface area contributed by atoms with E-state index in [0.29, 0.717) is 6.54 Å². The summed E-state index contributed by atoms with van der Waals surface area (Å²) < 4.78 is 19.2. The molecule has 0 unspecified atom stereocenters. The van der Waals surface area contributed by atoms with Gasteiger partial charge in [-0.15, -0.1) is 0 Å². The zero-order chi connectivity index (χ0) is 17.0. The summed E-state index contributed by atoms with van der Waals surface area (Å²) in [4.78, 5) is 0. The Balaban J connectivity index is 2.28. The lowest BCUT2D eigenvalue weighted by molar-refractivity contribution is 0.522. The lowest BCUT2D eigenvalue weighted by atomic mass is 9.86. The van der Waals surface area contributed by atoms with Crippen LogP contribution in [-0.4, -0.2) is 9.04 Å². The van der Waals surface area contributed by atoms with E-state index in [0.717, 1.165) is 17.0 Å². The predicted molar refractivity (Wildman–Crippen MR) is 98.4 cm³/mol. The number of halogens is 1. The van der Waals surface area contributed by atoms with Crippen molar-refractivity contribution in [3.8, 4) is 5.75 Å². The van der Waals surface area contributed by atoms with E-state index >= 15 is 0 Å². The van der Waals surface area contributed by atoms with Crippen LogP contribution in [0.2, 0.25) is 13.1 Å². The number of hydrogen-bond acceptors (Lipinski definition) is 2. The number of benzene rings is 2. The number of hydrogen-bond donors (Lipinski definition) is 1. The first-order chi connectivity index (χ1) is 10.8. The van der Waals surface area contributed by atoms with Crippen LogP contribution in [-0.2, 0) is 12.0 Å². The lowest BCUT2D eigenvalue weighted by Gasteiger charge is -2.26. The molecule has 0 fully saturated rings. The third-order valence-electron chi connectivity index (χ3n) is 3.57. The quantitative estimate of drug-likeness (QED) is 0.770. The molecule has 0 saturated heterocycles. The lowest BCUT2D eigenvalue weighted by Crippen LogP contribution is -2.19. The van der Waals surface area contributed by atoms with Crippen LogP contribution in [0, 0.1) is 5.82 Å². The van der Waals surface area contributed by atoms with E-state index in [-0.39, 0.29) is 11.2 Å². The summed E-state index contributed by atoms with van der Waals surface area (Å²) >= 11 is 0. The standard InChI is InChI=1S/C19H26FNOSi/c1-19(2,3)16-7-6-8-17(18(16)22-23(4)5)21-13-14-9-11-15(20)12-10-14/h6-12,21,23H,13H2,1-5H3. The molecule has 0 heterocycles. The summed E-state index contributed by atoms with van der Waals surface area (Å²) in [5.74, 6) is 0.752.